The first-order valence-corrected chi connectivity index (χ1v) is 8.87. The minimum Gasteiger partial charge on any atom is -0.381 e. The third kappa shape index (κ3) is 5.88. The molecule has 0 aromatic rings. The van der Waals surface area contributed by atoms with Gasteiger partial charge in [-0.1, -0.05) is 0 Å². The fourth-order valence-corrected chi connectivity index (χ4v) is 3.17. The number of nitrogens with zero attached hydrogens (tertiary/aromatic N) is 1. The van der Waals surface area contributed by atoms with Crippen molar-refractivity contribution in [1.29, 1.82) is 0 Å². The first kappa shape index (κ1) is 17.2. The van der Waals surface area contributed by atoms with Crippen molar-refractivity contribution in [2.24, 2.45) is 11.3 Å². The molecule has 1 saturated carbocycles. The molecule has 21 heavy (non-hydrogen) atoms. The van der Waals surface area contributed by atoms with Gasteiger partial charge in [0.2, 0.25) is 0 Å². The molecule has 0 bridgehead atoms. The smallest absolute Gasteiger partial charge is 0.0472 e. The average Bonchev–Trinajstić information content (AvgIpc) is 3.20. The van der Waals surface area contributed by atoms with Crippen LogP contribution < -0.4 is 5.32 Å². The summed E-state index contributed by atoms with van der Waals surface area (Å²) >= 11 is 0. The van der Waals surface area contributed by atoms with Crippen LogP contribution in [0.5, 0.6) is 0 Å². The predicted molar refractivity (Wildman–Crippen MR) is 89.7 cm³/mol. The summed E-state index contributed by atoms with van der Waals surface area (Å²) in [6.07, 6.45) is 5.28. The Balaban J connectivity index is 1.99. The summed E-state index contributed by atoms with van der Waals surface area (Å²) in [7, 11) is 0. The molecule has 1 aliphatic heterocycles. The third-order valence-electron chi connectivity index (χ3n) is 5.01. The average molecular weight is 296 g/mol. The molecule has 2 fully saturated rings. The number of rotatable bonds is 7. The van der Waals surface area contributed by atoms with Crippen molar-refractivity contribution in [3.8, 4) is 0 Å². The summed E-state index contributed by atoms with van der Waals surface area (Å²) < 4.78 is 5.65. The Kier molecular flexibility index (Phi) is 5.72. The molecule has 3 nitrogen and oxygen atoms in total. The van der Waals surface area contributed by atoms with E-state index >= 15 is 0 Å². The van der Waals surface area contributed by atoms with Gasteiger partial charge in [0.05, 0.1) is 0 Å². The van der Waals surface area contributed by atoms with Crippen LogP contribution in [0.1, 0.15) is 60.3 Å². The van der Waals surface area contributed by atoms with E-state index in [2.05, 4.69) is 44.8 Å². The van der Waals surface area contributed by atoms with Crippen LogP contribution in [0.2, 0.25) is 0 Å². The van der Waals surface area contributed by atoms with Gasteiger partial charge in [0.25, 0.3) is 0 Å². The minimum atomic E-state index is 0.199. The van der Waals surface area contributed by atoms with Gasteiger partial charge >= 0.3 is 0 Å². The summed E-state index contributed by atoms with van der Waals surface area (Å²) in [5.74, 6) is 0.972. The molecular weight excluding hydrogens is 260 g/mol. The Morgan fingerprint density at radius 3 is 2.29 bits per heavy atom. The number of nitrogens with one attached hydrogen (secondary N) is 1. The van der Waals surface area contributed by atoms with Gasteiger partial charge in [-0.3, -0.25) is 0 Å². The minimum absolute atomic E-state index is 0.199. The molecule has 0 aromatic heterocycles. The largest absolute Gasteiger partial charge is 0.381 e. The monoisotopic (exact) mass is 296 g/mol. The molecule has 0 amide bonds. The lowest BCUT2D eigenvalue weighted by atomic mass is 9.78. The normalized spacial score (nSPS) is 23.0. The maximum absolute atomic E-state index is 5.65. The Labute approximate surface area is 131 Å². The van der Waals surface area contributed by atoms with E-state index in [0.29, 0.717) is 11.5 Å². The predicted octanol–water partition coefficient (Wildman–Crippen LogP) is 3.29. The molecule has 1 N–H and O–H groups in total. The van der Waals surface area contributed by atoms with Crippen molar-refractivity contribution in [3.63, 3.8) is 0 Å². The second-order valence-corrected chi connectivity index (χ2v) is 8.68. The molecule has 1 aliphatic carbocycles. The number of ether oxygens (including phenoxy) is 1. The lowest BCUT2D eigenvalue weighted by molar-refractivity contribution is -0.0129. The highest BCUT2D eigenvalue weighted by Gasteiger charge is 2.37. The quantitative estimate of drug-likeness (QED) is 0.780. The molecular formula is C18H36N2O. The summed E-state index contributed by atoms with van der Waals surface area (Å²) in [5, 5.41) is 3.76. The van der Waals surface area contributed by atoms with Crippen LogP contribution in [-0.4, -0.2) is 49.3 Å². The van der Waals surface area contributed by atoms with Gasteiger partial charge < -0.3 is 15.0 Å². The van der Waals surface area contributed by atoms with Gasteiger partial charge in [-0.2, -0.15) is 0 Å². The van der Waals surface area contributed by atoms with Crippen molar-refractivity contribution < 1.29 is 4.74 Å². The molecule has 2 aliphatic rings. The summed E-state index contributed by atoms with van der Waals surface area (Å²) in [6, 6.07) is 0.653. The first-order valence-electron chi connectivity index (χ1n) is 8.87. The van der Waals surface area contributed by atoms with E-state index in [9.17, 15) is 0 Å². The highest BCUT2D eigenvalue weighted by molar-refractivity contribution is 4.91. The van der Waals surface area contributed by atoms with E-state index in [0.717, 1.165) is 25.7 Å². The topological polar surface area (TPSA) is 24.5 Å². The third-order valence-corrected chi connectivity index (χ3v) is 5.01. The van der Waals surface area contributed by atoms with E-state index in [-0.39, 0.29) is 5.54 Å². The molecule has 3 heteroatoms. The van der Waals surface area contributed by atoms with Gasteiger partial charge in [-0.15, -0.1) is 0 Å². The Hall–Kier alpha value is -0.120. The van der Waals surface area contributed by atoms with Gasteiger partial charge in [0.1, 0.15) is 0 Å². The summed E-state index contributed by atoms with van der Waals surface area (Å²) in [6.45, 7) is 17.0. The van der Waals surface area contributed by atoms with E-state index in [1.165, 1.54) is 38.8 Å². The van der Waals surface area contributed by atoms with Crippen LogP contribution >= 0.6 is 0 Å². The molecule has 2 rings (SSSR count). The van der Waals surface area contributed by atoms with Crippen molar-refractivity contribution in [1.82, 2.24) is 10.2 Å². The van der Waals surface area contributed by atoms with Crippen molar-refractivity contribution in [2.75, 3.05) is 32.8 Å². The zero-order valence-electron chi connectivity index (χ0n) is 14.9. The zero-order valence-corrected chi connectivity index (χ0v) is 14.9. The van der Waals surface area contributed by atoms with Gasteiger partial charge in [-0.05, 0) is 71.6 Å². The van der Waals surface area contributed by atoms with Gasteiger partial charge in [-0.25, -0.2) is 0 Å². The highest BCUT2D eigenvalue weighted by atomic mass is 16.5. The highest BCUT2D eigenvalue weighted by Crippen LogP contribution is 2.35. The summed E-state index contributed by atoms with van der Waals surface area (Å²) in [4.78, 5) is 2.73. The molecule has 124 valence electrons. The van der Waals surface area contributed by atoms with Crippen LogP contribution in [0.4, 0.5) is 0 Å². The van der Waals surface area contributed by atoms with E-state index < -0.39 is 0 Å². The van der Waals surface area contributed by atoms with Crippen LogP contribution in [0, 0.1) is 11.3 Å². The Morgan fingerprint density at radius 1 is 1.19 bits per heavy atom. The van der Waals surface area contributed by atoms with E-state index in [4.69, 9.17) is 4.74 Å². The molecule has 0 atom stereocenters. The lowest BCUT2D eigenvalue weighted by Gasteiger charge is -2.44. The van der Waals surface area contributed by atoms with Crippen LogP contribution in [-0.2, 0) is 4.74 Å². The van der Waals surface area contributed by atoms with Crippen LogP contribution in [0.15, 0.2) is 0 Å². The second kappa shape index (κ2) is 6.97. The fraction of sp³-hybridized carbons (Fsp3) is 1.00. The van der Waals surface area contributed by atoms with Crippen molar-refractivity contribution >= 4 is 0 Å². The standard InChI is InChI=1S/C18H36N2O/c1-15(2)20(12-16-6-7-16)14-18(8-10-21-11-9-18)13-19-17(3,4)5/h15-16,19H,6-14H2,1-5H3. The summed E-state index contributed by atoms with van der Waals surface area (Å²) in [5.41, 5.74) is 0.592. The molecule has 0 aromatic carbocycles. The first-order chi connectivity index (χ1) is 9.80. The van der Waals surface area contributed by atoms with Gasteiger partial charge in [0.15, 0.2) is 0 Å². The van der Waals surface area contributed by atoms with Crippen LogP contribution in [0.25, 0.3) is 0 Å². The molecule has 0 spiro atoms. The number of hydrogen-bond acceptors (Lipinski definition) is 3. The molecule has 1 saturated heterocycles. The Bertz CT molecular complexity index is 312. The lowest BCUT2D eigenvalue weighted by Crippen LogP contribution is -2.52. The van der Waals surface area contributed by atoms with Crippen molar-refractivity contribution in [2.45, 2.75) is 71.9 Å². The molecule has 0 radical (unpaired) electrons. The van der Waals surface area contributed by atoms with E-state index in [1.807, 2.05) is 0 Å². The SMILES string of the molecule is CC(C)N(CC1CC1)CC1(CNC(C)(C)C)CCOCC1. The molecule has 1 heterocycles. The molecule has 0 unspecified atom stereocenters. The van der Waals surface area contributed by atoms with Crippen molar-refractivity contribution in [3.05, 3.63) is 0 Å². The van der Waals surface area contributed by atoms with E-state index in [1.54, 1.807) is 0 Å². The van der Waals surface area contributed by atoms with Crippen LogP contribution in [0.3, 0.4) is 0 Å². The Morgan fingerprint density at radius 2 is 1.81 bits per heavy atom. The number of hydrogen-bond donors (Lipinski definition) is 1. The fourth-order valence-electron chi connectivity index (χ4n) is 3.17. The second-order valence-electron chi connectivity index (χ2n) is 8.68. The maximum Gasteiger partial charge on any atom is 0.0472 e. The zero-order chi connectivity index (χ0) is 15.5. The van der Waals surface area contributed by atoms with Gasteiger partial charge in [0, 0.05) is 44.4 Å². The maximum atomic E-state index is 5.65.